The molecule has 1 aromatic heterocycles. The van der Waals surface area contributed by atoms with Gasteiger partial charge in [0.15, 0.2) is 5.69 Å². The minimum absolute atomic E-state index is 0.193. The number of hydrogen-bond donors (Lipinski definition) is 4. The van der Waals surface area contributed by atoms with Crippen LogP contribution in [0.4, 0.5) is 23.7 Å². The van der Waals surface area contributed by atoms with Crippen LogP contribution in [0.15, 0.2) is 30.5 Å². The zero-order valence-electron chi connectivity index (χ0n) is 14.8. The lowest BCUT2D eigenvalue weighted by molar-refractivity contribution is -0.141. The first kappa shape index (κ1) is 21.2. The molecule has 0 aliphatic carbocycles. The highest BCUT2D eigenvalue weighted by Crippen LogP contribution is 2.30. The summed E-state index contributed by atoms with van der Waals surface area (Å²) in [6, 6.07) is 7.10. The quantitative estimate of drug-likeness (QED) is 0.555. The third kappa shape index (κ3) is 5.70. The number of nitrogens with zero attached hydrogens (tertiary/aromatic N) is 3. The first-order valence-electron chi connectivity index (χ1n) is 7.86. The lowest BCUT2D eigenvalue weighted by Crippen LogP contribution is -2.48. The molecule has 0 radical (unpaired) electrons. The average Bonchev–Trinajstić information content (AvgIpc) is 3.07. The molecule has 0 atom stereocenters. The predicted octanol–water partition coefficient (Wildman–Crippen LogP) is 0.893. The van der Waals surface area contributed by atoms with Crippen molar-refractivity contribution in [2.24, 2.45) is 7.05 Å². The number of hydrogen-bond acceptors (Lipinski definition) is 5. The van der Waals surface area contributed by atoms with E-state index in [1.807, 2.05) is 22.2 Å². The molecule has 0 aliphatic heterocycles. The Morgan fingerprint density at radius 1 is 1.21 bits per heavy atom. The number of benzene rings is 1. The molecule has 4 amide bonds. The van der Waals surface area contributed by atoms with Gasteiger partial charge in [-0.15, -0.1) is 0 Å². The van der Waals surface area contributed by atoms with Crippen molar-refractivity contribution in [2.45, 2.75) is 6.18 Å². The van der Waals surface area contributed by atoms with Crippen LogP contribution in [0.25, 0.3) is 0 Å². The van der Waals surface area contributed by atoms with Gasteiger partial charge in [-0.2, -0.15) is 23.5 Å². The summed E-state index contributed by atoms with van der Waals surface area (Å²) < 4.78 is 39.4. The Morgan fingerprint density at radius 2 is 1.90 bits per heavy atom. The van der Waals surface area contributed by atoms with Crippen LogP contribution in [0.5, 0.6) is 0 Å². The van der Waals surface area contributed by atoms with E-state index in [1.54, 1.807) is 12.1 Å². The molecule has 1 aromatic carbocycles. The summed E-state index contributed by atoms with van der Waals surface area (Å²) in [7, 11) is 1.21. The highest BCUT2D eigenvalue weighted by molar-refractivity contribution is 5.98. The number of nitriles is 1. The van der Waals surface area contributed by atoms with Crippen molar-refractivity contribution < 1.29 is 27.6 Å². The molecule has 0 aliphatic rings. The Balaban J connectivity index is 1.85. The summed E-state index contributed by atoms with van der Waals surface area (Å²) in [5.74, 6) is -2.06. The van der Waals surface area contributed by atoms with E-state index in [0.29, 0.717) is 0 Å². The second-order valence-corrected chi connectivity index (χ2v) is 5.53. The van der Waals surface area contributed by atoms with Crippen molar-refractivity contribution in [2.75, 3.05) is 11.9 Å². The fourth-order valence-corrected chi connectivity index (χ4v) is 2.13. The molecule has 2 aromatic rings. The van der Waals surface area contributed by atoms with Gasteiger partial charge < -0.3 is 10.6 Å². The van der Waals surface area contributed by atoms with Crippen molar-refractivity contribution in [1.29, 1.82) is 5.26 Å². The van der Waals surface area contributed by atoms with Gasteiger partial charge in [0.2, 0.25) is 0 Å². The van der Waals surface area contributed by atoms with Crippen LogP contribution in [-0.4, -0.2) is 34.2 Å². The summed E-state index contributed by atoms with van der Waals surface area (Å²) in [5, 5.41) is 16.4. The number of amides is 4. The number of aromatic nitrogens is 2. The fraction of sp³-hybridized carbons (Fsp3) is 0.188. The van der Waals surface area contributed by atoms with Crippen LogP contribution in [-0.2, 0) is 18.0 Å². The Labute approximate surface area is 161 Å². The van der Waals surface area contributed by atoms with Gasteiger partial charge in [-0.3, -0.25) is 19.7 Å². The van der Waals surface area contributed by atoms with Gasteiger partial charge in [0.25, 0.3) is 11.8 Å². The highest BCUT2D eigenvalue weighted by Gasteiger charge is 2.39. The maximum Gasteiger partial charge on any atom is 0.435 e. The minimum Gasteiger partial charge on any atom is -0.343 e. The number of urea groups is 1. The van der Waals surface area contributed by atoms with Crippen LogP contribution in [0, 0.1) is 11.3 Å². The number of para-hydroxylation sites is 1. The SMILES string of the molecule is Cn1cc(C(=O)NCC(=O)NNC(=O)Nc2ccccc2C#N)c(C(F)(F)F)n1. The summed E-state index contributed by atoms with van der Waals surface area (Å²) >= 11 is 0. The van der Waals surface area contributed by atoms with Crippen LogP contribution < -0.4 is 21.5 Å². The Kier molecular flexibility index (Phi) is 6.40. The topological polar surface area (TPSA) is 141 Å². The maximum absolute atomic E-state index is 12.9. The minimum atomic E-state index is -4.84. The monoisotopic (exact) mass is 409 g/mol. The summed E-state index contributed by atoms with van der Waals surface area (Å²) in [6.45, 7) is -0.708. The Morgan fingerprint density at radius 3 is 2.55 bits per heavy atom. The van der Waals surface area contributed by atoms with E-state index in [-0.39, 0.29) is 11.3 Å². The van der Waals surface area contributed by atoms with Crippen LogP contribution in [0.3, 0.4) is 0 Å². The summed E-state index contributed by atoms with van der Waals surface area (Å²) in [4.78, 5) is 35.3. The molecule has 4 N–H and O–H groups in total. The molecule has 0 saturated heterocycles. The molecule has 0 bridgehead atoms. The van der Waals surface area contributed by atoms with Gasteiger partial charge in [0, 0.05) is 13.2 Å². The van der Waals surface area contributed by atoms with E-state index in [4.69, 9.17) is 5.26 Å². The van der Waals surface area contributed by atoms with Gasteiger partial charge in [-0.1, -0.05) is 12.1 Å². The number of hydrazine groups is 1. The van der Waals surface area contributed by atoms with Crippen molar-refractivity contribution in [3.63, 3.8) is 0 Å². The Bertz CT molecular complexity index is 979. The first-order valence-corrected chi connectivity index (χ1v) is 7.86. The molecule has 0 spiro atoms. The van der Waals surface area contributed by atoms with Gasteiger partial charge >= 0.3 is 12.2 Å². The number of rotatable bonds is 4. The average molecular weight is 409 g/mol. The van der Waals surface area contributed by atoms with Gasteiger partial charge in [0.05, 0.1) is 23.4 Å². The van der Waals surface area contributed by atoms with Gasteiger partial charge in [0.1, 0.15) is 6.07 Å². The molecule has 29 heavy (non-hydrogen) atoms. The standard InChI is InChI=1S/C16H14F3N7O3/c1-26-8-10(13(25-26)16(17,18)19)14(28)21-7-12(27)23-24-15(29)22-11-5-3-2-4-9(11)6-20/h2-5,8H,7H2,1H3,(H,21,28)(H,23,27)(H2,22,24,29). The molecule has 0 saturated carbocycles. The Hall–Kier alpha value is -4.08. The zero-order chi connectivity index (χ0) is 21.6. The number of anilines is 1. The lowest BCUT2D eigenvalue weighted by atomic mass is 10.2. The largest absolute Gasteiger partial charge is 0.435 e. The van der Waals surface area contributed by atoms with E-state index in [0.717, 1.165) is 10.9 Å². The second kappa shape index (κ2) is 8.74. The number of carbonyl (C=O) groups excluding carboxylic acids is 3. The molecular weight excluding hydrogens is 395 g/mol. The van der Waals surface area contributed by atoms with Crippen LogP contribution in [0.2, 0.25) is 0 Å². The molecule has 2 rings (SSSR count). The van der Waals surface area contributed by atoms with Crippen molar-refractivity contribution in [3.8, 4) is 6.07 Å². The number of aryl methyl sites for hydroxylation is 1. The first-order chi connectivity index (χ1) is 13.6. The number of alkyl halides is 3. The number of nitrogens with one attached hydrogen (secondary N) is 4. The van der Waals surface area contributed by atoms with E-state index >= 15 is 0 Å². The van der Waals surface area contributed by atoms with E-state index in [2.05, 4.69) is 10.4 Å². The van der Waals surface area contributed by atoms with Crippen molar-refractivity contribution in [3.05, 3.63) is 47.3 Å². The maximum atomic E-state index is 12.9. The zero-order valence-corrected chi connectivity index (χ0v) is 14.8. The third-order valence-electron chi connectivity index (χ3n) is 3.36. The summed E-state index contributed by atoms with van der Waals surface area (Å²) in [5.41, 5.74) is 2.20. The highest BCUT2D eigenvalue weighted by atomic mass is 19.4. The molecular formula is C16H14F3N7O3. The van der Waals surface area contributed by atoms with E-state index in [1.165, 1.54) is 19.2 Å². The lowest BCUT2D eigenvalue weighted by Gasteiger charge is -2.10. The van der Waals surface area contributed by atoms with Crippen LogP contribution >= 0.6 is 0 Å². The third-order valence-corrected chi connectivity index (χ3v) is 3.36. The van der Waals surface area contributed by atoms with Crippen LogP contribution in [0.1, 0.15) is 21.6 Å². The van der Waals surface area contributed by atoms with Crippen molar-refractivity contribution >= 4 is 23.5 Å². The fourth-order valence-electron chi connectivity index (χ4n) is 2.13. The van der Waals surface area contributed by atoms with Gasteiger partial charge in [-0.05, 0) is 12.1 Å². The molecule has 152 valence electrons. The number of carbonyl (C=O) groups is 3. The molecule has 0 fully saturated rings. The van der Waals surface area contributed by atoms with E-state index in [9.17, 15) is 27.6 Å². The van der Waals surface area contributed by atoms with Crippen molar-refractivity contribution in [1.82, 2.24) is 25.9 Å². The molecule has 13 heteroatoms. The molecule has 0 unspecified atom stereocenters. The summed E-state index contributed by atoms with van der Waals surface area (Å²) in [6.07, 6.45) is -3.97. The molecule has 10 nitrogen and oxygen atoms in total. The predicted molar refractivity (Wildman–Crippen MR) is 92.0 cm³/mol. The van der Waals surface area contributed by atoms with Gasteiger partial charge in [-0.25, -0.2) is 10.2 Å². The van der Waals surface area contributed by atoms with E-state index < -0.39 is 41.8 Å². The molecule has 1 heterocycles. The normalized spacial score (nSPS) is 10.6. The second-order valence-electron chi connectivity index (χ2n) is 5.53. The number of halogens is 3. The smallest absolute Gasteiger partial charge is 0.343 e.